The summed E-state index contributed by atoms with van der Waals surface area (Å²) in [6, 6.07) is 8.73. The average Bonchev–Trinajstić information content (AvgIpc) is 3.53. The molecule has 1 aromatic carbocycles. The average molecular weight is 504 g/mol. The number of aromatic amines is 1. The van der Waals surface area contributed by atoms with Crippen LogP contribution in [0.3, 0.4) is 0 Å². The SMILES string of the molecule is CN(C(=O)C1CCCCC1)c1ccc2c(C(=O)O)c(NC(=O)c3csc(-c4ccncc4)n3)[nH]c2c1. The van der Waals surface area contributed by atoms with Crippen LogP contribution in [0.5, 0.6) is 0 Å². The van der Waals surface area contributed by atoms with Gasteiger partial charge >= 0.3 is 5.97 Å². The molecule has 5 rings (SSSR count). The Hall–Kier alpha value is -4.05. The molecule has 4 aromatic rings. The van der Waals surface area contributed by atoms with Crippen LogP contribution in [0.15, 0.2) is 48.1 Å². The van der Waals surface area contributed by atoms with Crippen LogP contribution >= 0.6 is 11.3 Å². The van der Waals surface area contributed by atoms with Gasteiger partial charge in [0.25, 0.3) is 5.91 Å². The minimum absolute atomic E-state index is 0.0164. The second-order valence-corrected chi connectivity index (χ2v) is 9.73. The van der Waals surface area contributed by atoms with Crippen molar-refractivity contribution in [2.24, 2.45) is 5.92 Å². The molecule has 0 atom stereocenters. The van der Waals surface area contributed by atoms with Crippen LogP contribution in [0.2, 0.25) is 0 Å². The Morgan fingerprint density at radius 1 is 1.11 bits per heavy atom. The van der Waals surface area contributed by atoms with Gasteiger partial charge in [-0.2, -0.15) is 0 Å². The zero-order valence-corrected chi connectivity index (χ0v) is 20.5. The molecule has 36 heavy (non-hydrogen) atoms. The second-order valence-electron chi connectivity index (χ2n) is 8.87. The first-order valence-corrected chi connectivity index (χ1v) is 12.6. The highest BCUT2D eigenvalue weighted by atomic mass is 32.1. The van der Waals surface area contributed by atoms with Crippen LogP contribution in [0.1, 0.15) is 53.0 Å². The number of fused-ring (bicyclic) bond motifs is 1. The van der Waals surface area contributed by atoms with E-state index in [1.807, 2.05) is 0 Å². The van der Waals surface area contributed by atoms with E-state index in [0.29, 0.717) is 21.6 Å². The number of rotatable bonds is 6. The first-order valence-electron chi connectivity index (χ1n) is 11.8. The summed E-state index contributed by atoms with van der Waals surface area (Å²) in [5.74, 6) is -1.54. The zero-order valence-electron chi connectivity index (χ0n) is 19.7. The lowest BCUT2D eigenvalue weighted by Gasteiger charge is -2.26. The topological polar surface area (TPSA) is 128 Å². The molecule has 1 saturated carbocycles. The van der Waals surface area contributed by atoms with Gasteiger partial charge in [0.05, 0.1) is 0 Å². The normalized spacial score (nSPS) is 14.0. The van der Waals surface area contributed by atoms with Gasteiger partial charge in [-0.15, -0.1) is 11.3 Å². The van der Waals surface area contributed by atoms with Gasteiger partial charge in [0.15, 0.2) is 0 Å². The first kappa shape index (κ1) is 23.7. The monoisotopic (exact) mass is 503 g/mol. The molecule has 0 spiro atoms. The Morgan fingerprint density at radius 2 is 1.86 bits per heavy atom. The van der Waals surface area contributed by atoms with Crippen molar-refractivity contribution in [3.05, 3.63) is 59.4 Å². The van der Waals surface area contributed by atoms with E-state index in [0.717, 1.165) is 31.2 Å². The lowest BCUT2D eigenvalue weighted by molar-refractivity contribution is -0.123. The number of carbonyl (C=O) groups is 3. The van der Waals surface area contributed by atoms with Crippen molar-refractivity contribution in [2.45, 2.75) is 32.1 Å². The van der Waals surface area contributed by atoms with Crippen molar-refractivity contribution in [3.63, 3.8) is 0 Å². The third-order valence-corrected chi connectivity index (χ3v) is 7.46. The molecule has 1 fully saturated rings. The standard InChI is InChI=1S/C26H25N5O4S/c1-31(25(33)16-5-3-2-4-6-16)17-7-8-18-19(13-17)28-22(21(18)26(34)35)30-23(32)20-14-36-24(29-20)15-9-11-27-12-10-15/h7-14,16,28H,2-6H2,1H3,(H,30,32)(H,34,35). The van der Waals surface area contributed by atoms with E-state index in [2.05, 4.69) is 20.3 Å². The molecule has 0 radical (unpaired) electrons. The van der Waals surface area contributed by atoms with Gasteiger partial charge in [-0.25, -0.2) is 9.78 Å². The maximum absolute atomic E-state index is 13.0. The number of amides is 2. The van der Waals surface area contributed by atoms with Crippen LogP contribution in [0, 0.1) is 5.92 Å². The molecule has 2 amide bonds. The van der Waals surface area contributed by atoms with Gasteiger partial charge in [-0.1, -0.05) is 19.3 Å². The molecule has 3 aromatic heterocycles. The van der Waals surface area contributed by atoms with E-state index in [4.69, 9.17) is 0 Å². The third-order valence-electron chi connectivity index (χ3n) is 6.57. The first-order chi connectivity index (χ1) is 17.4. The van der Waals surface area contributed by atoms with Gasteiger partial charge in [0.1, 0.15) is 22.1 Å². The van der Waals surface area contributed by atoms with Crippen molar-refractivity contribution < 1.29 is 19.5 Å². The highest BCUT2D eigenvalue weighted by Gasteiger charge is 2.26. The number of benzene rings is 1. The van der Waals surface area contributed by atoms with Crippen molar-refractivity contribution >= 4 is 51.5 Å². The van der Waals surface area contributed by atoms with Crippen LogP contribution in [0.25, 0.3) is 21.5 Å². The molecule has 0 saturated heterocycles. The largest absolute Gasteiger partial charge is 0.478 e. The summed E-state index contributed by atoms with van der Waals surface area (Å²) < 4.78 is 0. The summed E-state index contributed by atoms with van der Waals surface area (Å²) in [5.41, 5.74) is 2.15. The van der Waals surface area contributed by atoms with E-state index in [1.165, 1.54) is 17.8 Å². The zero-order chi connectivity index (χ0) is 25.2. The van der Waals surface area contributed by atoms with Crippen LogP contribution in [-0.2, 0) is 4.79 Å². The Kier molecular flexibility index (Phi) is 6.51. The minimum atomic E-state index is -1.17. The predicted octanol–water partition coefficient (Wildman–Crippen LogP) is 5.18. The number of aromatic carboxylic acids is 1. The quantitative estimate of drug-likeness (QED) is 0.333. The number of aromatic nitrogens is 3. The smallest absolute Gasteiger partial charge is 0.340 e. The van der Waals surface area contributed by atoms with Crippen LogP contribution in [-0.4, -0.2) is 44.9 Å². The molecule has 3 heterocycles. The fourth-order valence-corrected chi connectivity index (χ4v) is 5.45. The van der Waals surface area contributed by atoms with E-state index in [1.54, 1.807) is 60.1 Å². The molecule has 0 unspecified atom stereocenters. The van der Waals surface area contributed by atoms with Gasteiger partial charge in [-0.05, 0) is 43.2 Å². The summed E-state index contributed by atoms with van der Waals surface area (Å²) in [6.07, 6.45) is 8.38. The lowest BCUT2D eigenvalue weighted by atomic mass is 9.88. The third kappa shape index (κ3) is 4.59. The molecule has 0 bridgehead atoms. The Labute approximate surface area is 211 Å². The number of H-pyrrole nitrogens is 1. The van der Waals surface area contributed by atoms with E-state index in [-0.39, 0.29) is 28.9 Å². The molecule has 184 valence electrons. The molecule has 3 N–H and O–H groups in total. The van der Waals surface area contributed by atoms with Gasteiger partial charge in [0.2, 0.25) is 5.91 Å². The number of carbonyl (C=O) groups excluding carboxylic acids is 2. The van der Waals surface area contributed by atoms with Crippen molar-refractivity contribution in [3.8, 4) is 10.6 Å². The number of pyridine rings is 1. The van der Waals surface area contributed by atoms with E-state index >= 15 is 0 Å². The molecule has 1 aliphatic rings. The maximum atomic E-state index is 13.0. The van der Waals surface area contributed by atoms with E-state index in [9.17, 15) is 19.5 Å². The Bertz CT molecular complexity index is 1440. The summed E-state index contributed by atoms with van der Waals surface area (Å²) in [6.45, 7) is 0. The minimum Gasteiger partial charge on any atom is -0.478 e. The molecule has 1 aliphatic carbocycles. The van der Waals surface area contributed by atoms with Crippen molar-refractivity contribution in [1.29, 1.82) is 0 Å². The van der Waals surface area contributed by atoms with Crippen molar-refractivity contribution in [2.75, 3.05) is 17.3 Å². The molecule has 10 heteroatoms. The van der Waals surface area contributed by atoms with Crippen LogP contribution in [0.4, 0.5) is 11.5 Å². The Morgan fingerprint density at radius 3 is 2.58 bits per heavy atom. The fourth-order valence-electron chi connectivity index (χ4n) is 4.64. The van der Waals surface area contributed by atoms with Gasteiger partial charge in [0, 0.05) is 52.9 Å². The summed E-state index contributed by atoms with van der Waals surface area (Å²) in [7, 11) is 1.74. The second kappa shape index (κ2) is 9.90. The summed E-state index contributed by atoms with van der Waals surface area (Å²) in [4.78, 5) is 51.0. The van der Waals surface area contributed by atoms with Crippen molar-refractivity contribution in [1.82, 2.24) is 15.0 Å². The molecule has 0 aliphatic heterocycles. The summed E-state index contributed by atoms with van der Waals surface area (Å²) in [5, 5.41) is 15.3. The highest BCUT2D eigenvalue weighted by molar-refractivity contribution is 7.13. The number of carboxylic acid groups (broad SMARTS) is 1. The predicted molar refractivity (Wildman–Crippen MR) is 139 cm³/mol. The van der Waals surface area contributed by atoms with Gasteiger partial charge in [-0.3, -0.25) is 14.6 Å². The number of anilines is 2. The maximum Gasteiger partial charge on any atom is 0.340 e. The lowest BCUT2D eigenvalue weighted by Crippen LogP contribution is -2.33. The fraction of sp³-hybridized carbons (Fsp3) is 0.269. The number of hydrogen-bond donors (Lipinski definition) is 3. The number of nitrogens with zero attached hydrogens (tertiary/aromatic N) is 3. The Balaban J connectivity index is 1.41. The number of nitrogens with one attached hydrogen (secondary N) is 2. The van der Waals surface area contributed by atoms with Crippen LogP contribution < -0.4 is 10.2 Å². The number of carboxylic acids is 1. The van der Waals surface area contributed by atoms with E-state index < -0.39 is 11.9 Å². The number of hydrogen-bond acceptors (Lipinski definition) is 6. The molecular formula is C26H25N5O4S. The highest BCUT2D eigenvalue weighted by Crippen LogP contribution is 2.32. The number of thiazole rings is 1. The molecular weight excluding hydrogens is 478 g/mol. The summed E-state index contributed by atoms with van der Waals surface area (Å²) >= 11 is 1.31. The molecule has 9 nitrogen and oxygen atoms in total. The van der Waals surface area contributed by atoms with Gasteiger partial charge < -0.3 is 20.3 Å².